The van der Waals surface area contributed by atoms with Crippen molar-refractivity contribution in [1.82, 2.24) is 14.7 Å². The molecular formula is C30H37FN6O2. The summed E-state index contributed by atoms with van der Waals surface area (Å²) in [4.78, 5) is 26.4. The number of benzene rings is 1. The second-order valence-electron chi connectivity index (χ2n) is 10.8. The molecule has 2 amide bonds. The Hall–Kier alpha value is -3.77. The van der Waals surface area contributed by atoms with E-state index in [0.29, 0.717) is 24.9 Å². The molecule has 1 aromatic carbocycles. The molecule has 206 valence electrons. The molecule has 1 aromatic heterocycles. The molecule has 9 heteroatoms. The normalized spacial score (nSPS) is 21.1. The molecule has 2 aliphatic carbocycles. The van der Waals surface area contributed by atoms with Crippen LogP contribution in [0.2, 0.25) is 0 Å². The predicted octanol–water partition coefficient (Wildman–Crippen LogP) is 4.54. The van der Waals surface area contributed by atoms with E-state index < -0.39 is 17.6 Å². The number of nitrogens with zero attached hydrogens (tertiary/aromatic N) is 4. The number of aromatic nitrogens is 2. The lowest BCUT2D eigenvalue weighted by atomic mass is 9.82. The van der Waals surface area contributed by atoms with Crippen LogP contribution >= 0.6 is 0 Å². The van der Waals surface area contributed by atoms with Crippen molar-refractivity contribution in [3.63, 3.8) is 0 Å². The minimum Gasteiger partial charge on any atom is -0.365 e. The molecule has 1 fully saturated rings. The molecule has 1 heterocycles. The van der Waals surface area contributed by atoms with Crippen LogP contribution in [-0.2, 0) is 10.3 Å². The quantitative estimate of drug-likeness (QED) is 0.416. The molecular weight excluding hydrogens is 495 g/mol. The highest BCUT2D eigenvalue weighted by molar-refractivity contribution is 6.02. The number of anilines is 1. The summed E-state index contributed by atoms with van der Waals surface area (Å²) in [5.74, 6) is -0.527. The lowest BCUT2D eigenvalue weighted by Gasteiger charge is -2.35. The van der Waals surface area contributed by atoms with Crippen LogP contribution in [0.3, 0.4) is 0 Å². The molecule has 2 aliphatic rings. The first-order chi connectivity index (χ1) is 18.7. The maximum absolute atomic E-state index is 16.1. The van der Waals surface area contributed by atoms with E-state index in [1.165, 1.54) is 16.4 Å². The first-order valence-electron chi connectivity index (χ1n) is 13.5. The fraction of sp³-hybridized carbons (Fsp3) is 0.467. The Balaban J connectivity index is 1.49. The second-order valence-corrected chi connectivity index (χ2v) is 10.8. The van der Waals surface area contributed by atoms with Crippen LogP contribution in [0, 0.1) is 23.2 Å². The lowest BCUT2D eigenvalue weighted by Crippen LogP contribution is -2.47. The van der Waals surface area contributed by atoms with Gasteiger partial charge in [-0.3, -0.25) is 19.2 Å². The minimum absolute atomic E-state index is 0.00238. The predicted molar refractivity (Wildman–Crippen MR) is 149 cm³/mol. The molecule has 0 spiro atoms. The van der Waals surface area contributed by atoms with E-state index in [1.54, 1.807) is 6.92 Å². The highest BCUT2D eigenvalue weighted by Crippen LogP contribution is 2.34. The zero-order valence-corrected chi connectivity index (χ0v) is 22.8. The van der Waals surface area contributed by atoms with Crippen molar-refractivity contribution in [2.75, 3.05) is 25.0 Å². The summed E-state index contributed by atoms with van der Waals surface area (Å²) in [6, 6.07) is 12.4. The van der Waals surface area contributed by atoms with E-state index in [4.69, 9.17) is 5.73 Å². The Labute approximate surface area is 229 Å². The van der Waals surface area contributed by atoms with Gasteiger partial charge in [-0.2, -0.15) is 10.4 Å². The van der Waals surface area contributed by atoms with Gasteiger partial charge in [-0.25, -0.2) is 4.39 Å². The van der Waals surface area contributed by atoms with Crippen molar-refractivity contribution in [1.29, 1.82) is 5.26 Å². The summed E-state index contributed by atoms with van der Waals surface area (Å²) in [5.41, 5.74) is 6.53. The monoisotopic (exact) mass is 532 g/mol. The average molecular weight is 533 g/mol. The van der Waals surface area contributed by atoms with Gasteiger partial charge < -0.3 is 11.1 Å². The summed E-state index contributed by atoms with van der Waals surface area (Å²) in [6.07, 6.45) is 7.79. The van der Waals surface area contributed by atoms with E-state index >= 15 is 4.39 Å². The molecule has 4 rings (SSSR count). The average Bonchev–Trinajstić information content (AvgIpc) is 3.68. The fourth-order valence-electron chi connectivity index (χ4n) is 5.05. The van der Waals surface area contributed by atoms with Gasteiger partial charge in [0.2, 0.25) is 5.91 Å². The van der Waals surface area contributed by atoms with Gasteiger partial charge in [-0.05, 0) is 43.4 Å². The van der Waals surface area contributed by atoms with Crippen LogP contribution in [-0.4, -0.2) is 52.3 Å². The van der Waals surface area contributed by atoms with Crippen LogP contribution in [0.15, 0.2) is 60.3 Å². The molecule has 3 unspecified atom stereocenters. The number of carbonyl (C=O) groups excluding carboxylic acids is 2. The number of allylic oxidation sites excluding steroid dienone is 2. The van der Waals surface area contributed by atoms with E-state index in [2.05, 4.69) is 53.8 Å². The van der Waals surface area contributed by atoms with Gasteiger partial charge in [0.05, 0.1) is 12.5 Å². The smallest absolute Gasteiger partial charge is 0.254 e. The highest BCUT2D eigenvalue weighted by atomic mass is 19.1. The maximum Gasteiger partial charge on any atom is 0.254 e. The van der Waals surface area contributed by atoms with Gasteiger partial charge in [-0.1, -0.05) is 62.4 Å². The number of amides is 2. The number of carbonyl (C=O) groups is 2. The van der Waals surface area contributed by atoms with Gasteiger partial charge >= 0.3 is 0 Å². The summed E-state index contributed by atoms with van der Waals surface area (Å²) >= 11 is 0. The Kier molecular flexibility index (Phi) is 8.66. The number of primary amides is 1. The number of nitrogens with one attached hydrogen (secondary N) is 1. The van der Waals surface area contributed by atoms with Gasteiger partial charge in [-0.15, -0.1) is 0 Å². The second kappa shape index (κ2) is 12.0. The van der Waals surface area contributed by atoms with Crippen LogP contribution in [0.25, 0.3) is 0 Å². The maximum atomic E-state index is 16.1. The number of nitriles is 1. The van der Waals surface area contributed by atoms with Gasteiger partial charge in [0.1, 0.15) is 17.3 Å². The minimum atomic E-state index is -1.49. The Morgan fingerprint density at radius 3 is 2.64 bits per heavy atom. The number of nitrogens with two attached hydrogens (primary N) is 1. The third-order valence-electron chi connectivity index (χ3n) is 7.82. The number of hydrogen-bond acceptors (Lipinski definition) is 5. The molecule has 1 saturated carbocycles. The molecule has 0 aliphatic heterocycles. The van der Waals surface area contributed by atoms with Gasteiger partial charge in [0, 0.05) is 31.1 Å². The standard InChI is InChI=1S/C30H37FN6O2/c1-4-36(17-21-10-13-24(20(2)16-21)22-8-6-5-7-9-22)19-26(31)30(3,14-15-32)37-18-25(27(33)38)28(35-37)34-29(39)23-11-12-23/h5-10,13,16,18,20,23-24,26H,4,11-12,14,17,19H2,1-3H3,(H2,33,38)(H,34,35,39)/t20?,24?,26-,30?/m1/s1. The summed E-state index contributed by atoms with van der Waals surface area (Å²) in [5, 5.41) is 16.6. The highest BCUT2D eigenvalue weighted by Gasteiger charge is 2.40. The van der Waals surface area contributed by atoms with E-state index in [9.17, 15) is 14.9 Å². The van der Waals surface area contributed by atoms with Crippen LogP contribution < -0.4 is 11.1 Å². The van der Waals surface area contributed by atoms with Crippen molar-refractivity contribution in [3.05, 3.63) is 71.5 Å². The zero-order valence-electron chi connectivity index (χ0n) is 22.8. The summed E-state index contributed by atoms with van der Waals surface area (Å²) < 4.78 is 17.4. The molecule has 2 aromatic rings. The molecule has 0 saturated heterocycles. The van der Waals surface area contributed by atoms with Crippen LogP contribution in [0.5, 0.6) is 0 Å². The Morgan fingerprint density at radius 2 is 2.05 bits per heavy atom. The van der Waals surface area contributed by atoms with Crippen molar-refractivity contribution in [2.24, 2.45) is 17.6 Å². The Morgan fingerprint density at radius 1 is 1.33 bits per heavy atom. The molecule has 3 N–H and O–H groups in total. The number of alkyl halides is 1. The van der Waals surface area contributed by atoms with E-state index in [1.807, 2.05) is 30.0 Å². The third kappa shape index (κ3) is 6.45. The van der Waals surface area contributed by atoms with Crippen molar-refractivity contribution >= 4 is 17.6 Å². The zero-order chi connectivity index (χ0) is 28.2. The third-order valence-corrected chi connectivity index (χ3v) is 7.82. The summed E-state index contributed by atoms with van der Waals surface area (Å²) in [7, 11) is 0. The van der Waals surface area contributed by atoms with Crippen molar-refractivity contribution < 1.29 is 14.0 Å². The summed E-state index contributed by atoms with van der Waals surface area (Å²) in [6.45, 7) is 7.00. The number of likely N-dealkylation sites (N-methyl/N-ethyl adjacent to an activating group) is 1. The van der Waals surface area contributed by atoms with Crippen molar-refractivity contribution in [2.45, 2.75) is 57.7 Å². The van der Waals surface area contributed by atoms with Crippen LogP contribution in [0.1, 0.15) is 61.9 Å². The van der Waals surface area contributed by atoms with Crippen molar-refractivity contribution in [3.8, 4) is 6.07 Å². The van der Waals surface area contributed by atoms with Gasteiger partial charge in [0.15, 0.2) is 5.82 Å². The molecule has 0 radical (unpaired) electrons. The molecule has 39 heavy (non-hydrogen) atoms. The fourth-order valence-corrected chi connectivity index (χ4v) is 5.05. The molecule has 0 bridgehead atoms. The number of hydrogen-bond donors (Lipinski definition) is 2. The topological polar surface area (TPSA) is 117 Å². The molecule has 8 nitrogen and oxygen atoms in total. The largest absolute Gasteiger partial charge is 0.365 e. The molecule has 4 atom stereocenters. The van der Waals surface area contributed by atoms with Crippen LogP contribution in [0.4, 0.5) is 10.2 Å². The first-order valence-corrected chi connectivity index (χ1v) is 13.5. The number of halogens is 1. The SMILES string of the molecule is CCN(CC1=CC(C)C(c2ccccc2)C=C1)C[C@@H](F)C(C)(CC#N)n1cc(C(N)=O)c(NC(=O)C2CC2)n1. The van der Waals surface area contributed by atoms with E-state index in [-0.39, 0.29) is 36.2 Å². The van der Waals surface area contributed by atoms with E-state index in [0.717, 1.165) is 18.4 Å². The lowest BCUT2D eigenvalue weighted by molar-refractivity contribution is -0.117. The van der Waals surface area contributed by atoms with Gasteiger partial charge in [0.25, 0.3) is 5.91 Å². The first kappa shape index (κ1) is 28.2. The number of rotatable bonds is 12. The Bertz CT molecular complexity index is 1290.